The van der Waals surface area contributed by atoms with E-state index >= 15 is 0 Å². The molecule has 0 fully saturated rings. The molecule has 0 radical (unpaired) electrons. The quantitative estimate of drug-likeness (QED) is 0.710. The monoisotopic (exact) mass is 425 g/mol. The van der Waals surface area contributed by atoms with Crippen LogP contribution in [0.1, 0.15) is 12.5 Å². The standard InChI is InChI=1S/C19H24ClN3O4S/c1-12-9-17(18(27-5)11-16(12)20)21-13(2)19(24)22-14-7-6-8-15(10-14)28(25,26)23(3)4/h6-11,13,21H,1-5H3,(H,22,24). The van der Waals surface area contributed by atoms with Crippen molar-refractivity contribution in [3.63, 3.8) is 0 Å². The number of nitrogens with one attached hydrogen (secondary N) is 2. The Morgan fingerprint density at radius 2 is 1.89 bits per heavy atom. The molecule has 0 heterocycles. The molecule has 0 saturated heterocycles. The van der Waals surface area contributed by atoms with E-state index in [0.717, 1.165) is 9.87 Å². The molecule has 0 aromatic heterocycles. The number of amides is 1. The normalized spacial score (nSPS) is 12.5. The number of nitrogens with zero attached hydrogens (tertiary/aromatic N) is 1. The van der Waals surface area contributed by atoms with Crippen LogP contribution in [0.3, 0.4) is 0 Å². The number of halogens is 1. The van der Waals surface area contributed by atoms with Crippen LogP contribution in [0.5, 0.6) is 5.75 Å². The van der Waals surface area contributed by atoms with E-state index < -0.39 is 16.1 Å². The first-order chi connectivity index (χ1) is 13.1. The highest BCUT2D eigenvalue weighted by atomic mass is 35.5. The Labute approximate surface area is 170 Å². The minimum atomic E-state index is -3.58. The molecule has 0 aliphatic heterocycles. The Balaban J connectivity index is 2.17. The summed E-state index contributed by atoms with van der Waals surface area (Å²) in [5.41, 5.74) is 1.87. The first kappa shape index (κ1) is 22.0. The molecule has 0 aliphatic rings. The molecule has 28 heavy (non-hydrogen) atoms. The number of rotatable bonds is 7. The fourth-order valence-corrected chi connectivity index (χ4v) is 3.54. The molecular weight excluding hydrogens is 402 g/mol. The van der Waals surface area contributed by atoms with Gasteiger partial charge >= 0.3 is 0 Å². The van der Waals surface area contributed by atoms with E-state index in [-0.39, 0.29) is 10.8 Å². The van der Waals surface area contributed by atoms with Crippen LogP contribution in [0.25, 0.3) is 0 Å². The zero-order valence-corrected chi connectivity index (χ0v) is 18.0. The molecule has 1 amide bonds. The van der Waals surface area contributed by atoms with E-state index in [1.54, 1.807) is 31.2 Å². The van der Waals surface area contributed by atoms with Gasteiger partial charge in [0.25, 0.3) is 0 Å². The van der Waals surface area contributed by atoms with Crippen LogP contribution in [-0.2, 0) is 14.8 Å². The van der Waals surface area contributed by atoms with E-state index in [4.69, 9.17) is 16.3 Å². The number of hydrogen-bond acceptors (Lipinski definition) is 5. The average molecular weight is 426 g/mol. The fraction of sp³-hybridized carbons (Fsp3) is 0.316. The minimum absolute atomic E-state index is 0.103. The summed E-state index contributed by atoms with van der Waals surface area (Å²) in [6, 6.07) is 8.99. The summed E-state index contributed by atoms with van der Waals surface area (Å²) in [5, 5.41) is 6.38. The van der Waals surface area contributed by atoms with Crippen LogP contribution in [0.2, 0.25) is 5.02 Å². The van der Waals surface area contributed by atoms with Crippen LogP contribution in [0, 0.1) is 6.92 Å². The number of anilines is 2. The summed E-state index contributed by atoms with van der Waals surface area (Å²) in [7, 11) is 0.842. The van der Waals surface area contributed by atoms with Gasteiger partial charge < -0.3 is 15.4 Å². The van der Waals surface area contributed by atoms with Gasteiger partial charge in [0.05, 0.1) is 17.7 Å². The van der Waals surface area contributed by atoms with Crippen molar-refractivity contribution in [3.8, 4) is 5.75 Å². The van der Waals surface area contributed by atoms with Crippen molar-refractivity contribution >= 4 is 38.9 Å². The lowest BCUT2D eigenvalue weighted by atomic mass is 10.2. The van der Waals surface area contributed by atoms with E-state index in [9.17, 15) is 13.2 Å². The number of ether oxygens (including phenoxy) is 1. The van der Waals surface area contributed by atoms with Crippen LogP contribution in [0.4, 0.5) is 11.4 Å². The lowest BCUT2D eigenvalue weighted by Gasteiger charge is -2.19. The van der Waals surface area contributed by atoms with Gasteiger partial charge in [0.1, 0.15) is 11.8 Å². The van der Waals surface area contributed by atoms with Crippen molar-refractivity contribution < 1.29 is 17.9 Å². The predicted molar refractivity (Wildman–Crippen MR) is 112 cm³/mol. The number of benzene rings is 2. The molecule has 2 N–H and O–H groups in total. The molecule has 1 unspecified atom stereocenters. The van der Waals surface area contributed by atoms with Crippen molar-refractivity contribution in [3.05, 3.63) is 47.0 Å². The van der Waals surface area contributed by atoms with Gasteiger partial charge in [-0.3, -0.25) is 4.79 Å². The van der Waals surface area contributed by atoms with Gasteiger partial charge in [0, 0.05) is 30.9 Å². The molecule has 0 aliphatic carbocycles. The highest BCUT2D eigenvalue weighted by molar-refractivity contribution is 7.89. The molecule has 0 spiro atoms. The summed E-state index contributed by atoms with van der Waals surface area (Å²) in [5.74, 6) is 0.198. The van der Waals surface area contributed by atoms with Gasteiger partial charge in [-0.25, -0.2) is 12.7 Å². The van der Waals surface area contributed by atoms with Gasteiger partial charge in [-0.2, -0.15) is 0 Å². The third kappa shape index (κ3) is 4.95. The van der Waals surface area contributed by atoms with Crippen molar-refractivity contribution in [1.82, 2.24) is 4.31 Å². The summed E-state index contributed by atoms with van der Waals surface area (Å²) < 4.78 is 30.9. The molecule has 152 valence electrons. The van der Waals surface area contributed by atoms with Crippen LogP contribution >= 0.6 is 11.6 Å². The van der Waals surface area contributed by atoms with E-state index in [0.29, 0.717) is 22.1 Å². The zero-order chi connectivity index (χ0) is 21.1. The first-order valence-electron chi connectivity index (χ1n) is 8.50. The second-order valence-electron chi connectivity index (χ2n) is 6.47. The Morgan fingerprint density at radius 1 is 1.21 bits per heavy atom. The van der Waals surface area contributed by atoms with Gasteiger partial charge in [-0.15, -0.1) is 0 Å². The topological polar surface area (TPSA) is 87.7 Å². The van der Waals surface area contributed by atoms with Gasteiger partial charge in [0.2, 0.25) is 15.9 Å². The SMILES string of the molecule is COc1cc(Cl)c(C)cc1NC(C)C(=O)Nc1cccc(S(=O)(=O)N(C)C)c1. The largest absolute Gasteiger partial charge is 0.495 e. The summed E-state index contributed by atoms with van der Waals surface area (Å²) >= 11 is 6.11. The molecule has 1 atom stereocenters. The van der Waals surface area contributed by atoms with Crippen molar-refractivity contribution in [1.29, 1.82) is 0 Å². The Hall–Kier alpha value is -2.29. The summed E-state index contributed by atoms with van der Waals surface area (Å²) in [6.07, 6.45) is 0. The highest BCUT2D eigenvalue weighted by Gasteiger charge is 2.19. The lowest BCUT2D eigenvalue weighted by Crippen LogP contribution is -2.32. The van der Waals surface area contributed by atoms with Crippen LogP contribution in [-0.4, -0.2) is 45.9 Å². The maximum atomic E-state index is 12.6. The number of methoxy groups -OCH3 is 1. The third-order valence-electron chi connectivity index (χ3n) is 4.13. The summed E-state index contributed by atoms with van der Waals surface area (Å²) in [6.45, 7) is 3.55. The molecular formula is C19H24ClN3O4S. The molecule has 7 nitrogen and oxygen atoms in total. The molecule has 2 aromatic rings. The van der Waals surface area contributed by atoms with E-state index in [2.05, 4.69) is 10.6 Å². The smallest absolute Gasteiger partial charge is 0.246 e. The second kappa shape index (κ2) is 8.81. The molecule has 2 rings (SSSR count). The fourth-order valence-electron chi connectivity index (χ4n) is 2.44. The summed E-state index contributed by atoms with van der Waals surface area (Å²) in [4.78, 5) is 12.7. The van der Waals surface area contributed by atoms with Gasteiger partial charge in [-0.05, 0) is 43.7 Å². The Morgan fingerprint density at radius 3 is 2.50 bits per heavy atom. The molecule has 0 saturated carbocycles. The molecule has 0 bridgehead atoms. The minimum Gasteiger partial charge on any atom is -0.495 e. The maximum absolute atomic E-state index is 12.6. The number of hydrogen-bond donors (Lipinski definition) is 2. The van der Waals surface area contributed by atoms with Gasteiger partial charge in [0.15, 0.2) is 0 Å². The van der Waals surface area contributed by atoms with Crippen molar-refractivity contribution in [2.24, 2.45) is 0 Å². The molecule has 2 aromatic carbocycles. The van der Waals surface area contributed by atoms with Crippen molar-refractivity contribution in [2.45, 2.75) is 24.8 Å². The van der Waals surface area contributed by atoms with E-state index in [1.165, 1.54) is 33.3 Å². The first-order valence-corrected chi connectivity index (χ1v) is 10.3. The number of carbonyl (C=O) groups is 1. The van der Waals surface area contributed by atoms with Gasteiger partial charge in [-0.1, -0.05) is 17.7 Å². The van der Waals surface area contributed by atoms with Crippen LogP contribution < -0.4 is 15.4 Å². The average Bonchev–Trinajstić information content (AvgIpc) is 2.64. The zero-order valence-electron chi connectivity index (χ0n) is 16.4. The van der Waals surface area contributed by atoms with Crippen molar-refractivity contribution in [2.75, 3.05) is 31.8 Å². The number of aryl methyl sites for hydroxylation is 1. The number of sulfonamides is 1. The van der Waals surface area contributed by atoms with Crippen LogP contribution in [0.15, 0.2) is 41.3 Å². The second-order valence-corrected chi connectivity index (χ2v) is 9.03. The lowest BCUT2D eigenvalue weighted by molar-refractivity contribution is -0.116. The predicted octanol–water partition coefficient (Wildman–Crippen LogP) is 3.35. The maximum Gasteiger partial charge on any atom is 0.246 e. The number of carbonyl (C=O) groups excluding carboxylic acids is 1. The van der Waals surface area contributed by atoms with E-state index in [1.807, 2.05) is 6.92 Å². The third-order valence-corrected chi connectivity index (χ3v) is 6.34. The molecule has 9 heteroatoms. The highest BCUT2D eigenvalue weighted by Crippen LogP contribution is 2.31. The Bertz CT molecular complexity index is 977. The Kier molecular flexibility index (Phi) is 6.92.